The van der Waals surface area contributed by atoms with Crippen molar-refractivity contribution in [3.05, 3.63) is 124 Å². The predicted octanol–water partition coefficient (Wildman–Crippen LogP) is 7.49. The van der Waals surface area contributed by atoms with Gasteiger partial charge in [-0.05, 0) is 105 Å². The SMILES string of the molecule is COc1ccc2c(c1)C(C)(C)C(/C=C/C1=C(Cl)C(=C/C=C3/Nc4ccc(OC)cc4C3(C)C)/CCC1)=[NH+]2.Cc1ccc(S(=O)(=O)[O-])cc1. The first kappa shape index (κ1) is 35.2. The zero-order valence-electron chi connectivity index (χ0n) is 28.5. The molecular formula is C39H43ClN2O5S. The largest absolute Gasteiger partial charge is 0.744 e. The molecule has 0 amide bonds. The molecule has 0 spiro atoms. The third-order valence-electron chi connectivity index (χ3n) is 9.35. The summed E-state index contributed by atoms with van der Waals surface area (Å²) in [5.74, 6) is 1.76. The van der Waals surface area contributed by atoms with Crippen molar-refractivity contribution < 1.29 is 27.4 Å². The number of fused-ring (bicyclic) bond motifs is 2. The third-order valence-corrected chi connectivity index (χ3v) is 10.7. The first-order valence-corrected chi connectivity index (χ1v) is 17.7. The van der Waals surface area contributed by atoms with Crippen LogP contribution in [-0.4, -0.2) is 32.9 Å². The monoisotopic (exact) mass is 686 g/mol. The Balaban J connectivity index is 0.000000349. The Bertz CT molecular complexity index is 1980. The van der Waals surface area contributed by atoms with Gasteiger partial charge in [-0.3, -0.25) is 0 Å². The Morgan fingerprint density at radius 3 is 2.15 bits per heavy atom. The molecule has 6 rings (SSSR count). The molecule has 0 saturated carbocycles. The van der Waals surface area contributed by atoms with Crippen LogP contribution in [-0.2, 0) is 20.9 Å². The average Bonchev–Trinajstić information content (AvgIpc) is 3.46. The van der Waals surface area contributed by atoms with Crippen molar-refractivity contribution in [3.63, 3.8) is 0 Å². The molecule has 0 saturated heterocycles. The van der Waals surface area contributed by atoms with Gasteiger partial charge in [-0.2, -0.15) is 0 Å². The number of allylic oxidation sites excluding steroid dienone is 8. The molecule has 48 heavy (non-hydrogen) atoms. The Hall–Kier alpha value is -4.11. The van der Waals surface area contributed by atoms with Crippen LogP contribution >= 0.6 is 11.6 Å². The molecule has 2 N–H and O–H groups in total. The van der Waals surface area contributed by atoms with Gasteiger partial charge in [0.25, 0.3) is 0 Å². The number of methoxy groups -OCH3 is 2. The summed E-state index contributed by atoms with van der Waals surface area (Å²) in [4.78, 5) is 3.42. The molecule has 0 unspecified atom stereocenters. The van der Waals surface area contributed by atoms with E-state index in [1.165, 1.54) is 34.4 Å². The summed E-state index contributed by atoms with van der Waals surface area (Å²) in [6.45, 7) is 10.8. The smallest absolute Gasteiger partial charge is 0.208 e. The summed E-state index contributed by atoms with van der Waals surface area (Å²) in [6, 6.07) is 18.2. The number of aryl methyl sites for hydroxylation is 1. The summed E-state index contributed by atoms with van der Waals surface area (Å²) in [5, 5.41) is 4.46. The van der Waals surface area contributed by atoms with Crippen LogP contribution in [0, 0.1) is 6.92 Å². The van der Waals surface area contributed by atoms with Gasteiger partial charge in [0.2, 0.25) is 5.69 Å². The quantitative estimate of drug-likeness (QED) is 0.261. The highest BCUT2D eigenvalue weighted by Crippen LogP contribution is 2.45. The van der Waals surface area contributed by atoms with Crippen molar-refractivity contribution in [2.45, 2.75) is 69.6 Å². The topological polar surface area (TPSA) is 102 Å². The molecule has 0 fully saturated rings. The number of nitrogens with one attached hydrogen (secondary N) is 2. The van der Waals surface area contributed by atoms with Crippen LogP contribution in [0.2, 0.25) is 0 Å². The number of halogens is 1. The summed E-state index contributed by atoms with van der Waals surface area (Å²) >= 11 is 6.97. The lowest BCUT2D eigenvalue weighted by Gasteiger charge is -2.21. The Morgan fingerprint density at radius 2 is 1.50 bits per heavy atom. The van der Waals surface area contributed by atoms with Crippen molar-refractivity contribution in [1.82, 2.24) is 0 Å². The Kier molecular flexibility index (Phi) is 10.1. The first-order chi connectivity index (χ1) is 22.6. The van der Waals surface area contributed by atoms with Gasteiger partial charge in [-0.1, -0.05) is 55.3 Å². The van der Waals surface area contributed by atoms with E-state index in [0.29, 0.717) is 0 Å². The molecule has 3 aromatic carbocycles. The standard InChI is InChI=1S/C32H35ClN2O2.C7H8O3S/c1-31(2)24-18-22(36-5)12-14-26(24)34-28(31)16-10-20-8-7-9-21(30(20)33)11-17-29-32(3,4)25-19-23(37-6)13-15-27(25)35-29;1-6-2-4-7(5-3-6)11(8,9)10/h10-19,34H,7-9H2,1-6H3;2-5H,1H3,(H,8,9,10)/b17-11+,20-10+,28-16+;. The van der Waals surface area contributed by atoms with Gasteiger partial charge in [0, 0.05) is 39.5 Å². The normalized spacial score (nSPS) is 19.4. The van der Waals surface area contributed by atoms with Crippen LogP contribution in [0.1, 0.15) is 63.6 Å². The van der Waals surface area contributed by atoms with Crippen molar-refractivity contribution in [2.75, 3.05) is 19.5 Å². The number of rotatable bonds is 6. The molecule has 0 aromatic heterocycles. The van der Waals surface area contributed by atoms with E-state index in [-0.39, 0.29) is 15.7 Å². The minimum absolute atomic E-state index is 0.136. The fourth-order valence-corrected chi connectivity index (χ4v) is 7.01. The van der Waals surface area contributed by atoms with Gasteiger partial charge in [-0.25, -0.2) is 13.4 Å². The lowest BCUT2D eigenvalue weighted by molar-refractivity contribution is -0.349. The van der Waals surface area contributed by atoms with Crippen LogP contribution in [0.15, 0.2) is 112 Å². The number of ether oxygens (including phenoxy) is 2. The van der Waals surface area contributed by atoms with E-state index < -0.39 is 10.1 Å². The maximum atomic E-state index is 10.4. The highest BCUT2D eigenvalue weighted by atomic mass is 35.5. The van der Waals surface area contributed by atoms with Gasteiger partial charge in [0.1, 0.15) is 21.6 Å². The molecule has 9 heteroatoms. The van der Waals surface area contributed by atoms with E-state index in [1.807, 2.05) is 19.1 Å². The van der Waals surface area contributed by atoms with E-state index in [2.05, 4.69) is 86.6 Å². The van der Waals surface area contributed by atoms with Crippen LogP contribution in [0.5, 0.6) is 11.5 Å². The highest BCUT2D eigenvalue weighted by molar-refractivity contribution is 7.85. The van der Waals surface area contributed by atoms with Crippen LogP contribution < -0.4 is 19.8 Å². The Labute approximate surface area is 289 Å². The Morgan fingerprint density at radius 1 is 0.854 bits per heavy atom. The summed E-state index contributed by atoms with van der Waals surface area (Å²) < 4.78 is 42.1. The van der Waals surface area contributed by atoms with E-state index in [1.54, 1.807) is 26.4 Å². The van der Waals surface area contributed by atoms with E-state index in [9.17, 15) is 13.0 Å². The van der Waals surface area contributed by atoms with Crippen molar-refractivity contribution in [1.29, 1.82) is 0 Å². The second kappa shape index (κ2) is 13.8. The average molecular weight is 687 g/mol. The van der Waals surface area contributed by atoms with Crippen LogP contribution in [0.25, 0.3) is 0 Å². The first-order valence-electron chi connectivity index (χ1n) is 15.9. The minimum atomic E-state index is -4.27. The predicted molar refractivity (Wildman–Crippen MR) is 192 cm³/mol. The molecule has 252 valence electrons. The van der Waals surface area contributed by atoms with Gasteiger partial charge in [-0.15, -0.1) is 0 Å². The lowest BCUT2D eigenvalue weighted by atomic mass is 9.81. The molecule has 0 bridgehead atoms. The van der Waals surface area contributed by atoms with Gasteiger partial charge >= 0.3 is 0 Å². The zero-order valence-corrected chi connectivity index (χ0v) is 30.1. The van der Waals surface area contributed by atoms with Crippen LogP contribution in [0.3, 0.4) is 0 Å². The second-order valence-corrected chi connectivity index (χ2v) is 15.1. The maximum Gasteiger partial charge on any atom is 0.208 e. The third kappa shape index (κ3) is 7.31. The molecule has 1 aliphatic carbocycles. The molecule has 3 aliphatic rings. The van der Waals surface area contributed by atoms with Crippen LogP contribution in [0.4, 0.5) is 11.4 Å². The molecule has 0 radical (unpaired) electrons. The fraction of sp³-hybridized carbons (Fsp3) is 0.308. The summed E-state index contributed by atoms with van der Waals surface area (Å²) in [7, 11) is -0.853. The molecule has 3 aromatic rings. The fourth-order valence-electron chi connectivity index (χ4n) is 6.23. The molecular weight excluding hydrogens is 644 g/mol. The molecule has 0 atom stereocenters. The van der Waals surface area contributed by atoms with E-state index >= 15 is 0 Å². The van der Waals surface area contributed by atoms with Crippen molar-refractivity contribution >= 4 is 38.8 Å². The maximum absolute atomic E-state index is 10.4. The zero-order chi connectivity index (χ0) is 34.9. The number of anilines is 1. The van der Waals surface area contributed by atoms with Crippen molar-refractivity contribution in [2.24, 2.45) is 0 Å². The summed E-state index contributed by atoms with van der Waals surface area (Å²) in [5.41, 5.74) is 10.1. The van der Waals surface area contributed by atoms with Gasteiger partial charge in [0.15, 0.2) is 5.71 Å². The number of benzene rings is 3. The van der Waals surface area contributed by atoms with E-state index in [0.717, 1.165) is 64.1 Å². The number of hydrogen-bond acceptors (Lipinski definition) is 6. The number of hydrogen-bond donors (Lipinski definition) is 2. The summed E-state index contributed by atoms with van der Waals surface area (Å²) in [6.07, 6.45) is 11.8. The molecule has 2 heterocycles. The highest BCUT2D eigenvalue weighted by Gasteiger charge is 2.40. The van der Waals surface area contributed by atoms with E-state index in [4.69, 9.17) is 21.1 Å². The minimum Gasteiger partial charge on any atom is -0.744 e. The van der Waals surface area contributed by atoms with Crippen molar-refractivity contribution in [3.8, 4) is 11.5 Å². The molecule has 7 nitrogen and oxygen atoms in total. The lowest BCUT2D eigenvalue weighted by Crippen LogP contribution is -2.65. The second-order valence-electron chi connectivity index (χ2n) is 13.3. The molecule has 2 aliphatic heterocycles. The van der Waals surface area contributed by atoms with Gasteiger partial charge < -0.3 is 19.3 Å². The van der Waals surface area contributed by atoms with Gasteiger partial charge in [0.05, 0.1) is 24.5 Å².